The summed E-state index contributed by atoms with van der Waals surface area (Å²) in [6, 6.07) is 15.4. The van der Waals surface area contributed by atoms with E-state index >= 15 is 0 Å². The molecule has 33 heavy (non-hydrogen) atoms. The molecular weight excluding hydrogens is 449 g/mol. The van der Waals surface area contributed by atoms with E-state index in [-0.39, 0.29) is 12.5 Å². The maximum atomic E-state index is 12.8. The summed E-state index contributed by atoms with van der Waals surface area (Å²) in [6.45, 7) is 5.47. The third-order valence-electron chi connectivity index (χ3n) is 5.56. The minimum atomic E-state index is -4.41. The van der Waals surface area contributed by atoms with E-state index in [2.05, 4.69) is 44.4 Å². The number of carbonyl (C=O) groups excluding carboxylic acids is 1. The Labute approximate surface area is 194 Å². The summed E-state index contributed by atoms with van der Waals surface area (Å²) < 4.78 is 38.5. The van der Waals surface area contributed by atoms with E-state index in [0.29, 0.717) is 17.8 Å². The second-order valence-corrected chi connectivity index (χ2v) is 8.99. The van der Waals surface area contributed by atoms with E-state index in [0.717, 1.165) is 49.9 Å². The second-order valence-electron chi connectivity index (χ2n) is 8.05. The van der Waals surface area contributed by atoms with Crippen LogP contribution in [0.2, 0.25) is 0 Å². The van der Waals surface area contributed by atoms with Crippen molar-refractivity contribution in [3.05, 3.63) is 87.4 Å². The first-order valence-electron chi connectivity index (χ1n) is 10.7. The minimum absolute atomic E-state index is 0.0129. The standard InChI is InChI=1S/C24H25F3N4OS/c25-24(26,27)20-8-4-7-19(13-20)14-28-23(32)21-17-33-22(29-21)16-31-11-9-30(10-12-31)15-18-5-2-1-3-6-18/h1-8,13,17H,9-12,14-16H2,(H,28,32). The molecule has 2 aromatic carbocycles. The Bertz CT molecular complexity index is 1060. The molecule has 1 fully saturated rings. The van der Waals surface area contributed by atoms with Crippen LogP contribution in [0.4, 0.5) is 13.2 Å². The van der Waals surface area contributed by atoms with Crippen LogP contribution in [0.3, 0.4) is 0 Å². The predicted octanol–water partition coefficient (Wildman–Crippen LogP) is 4.41. The van der Waals surface area contributed by atoms with Gasteiger partial charge in [-0.05, 0) is 23.3 Å². The van der Waals surface area contributed by atoms with Crippen molar-refractivity contribution in [3.8, 4) is 0 Å². The number of aromatic nitrogens is 1. The largest absolute Gasteiger partial charge is 0.416 e. The number of carbonyl (C=O) groups is 1. The molecule has 0 unspecified atom stereocenters. The molecule has 3 aromatic rings. The molecular formula is C24H25F3N4OS. The third-order valence-corrected chi connectivity index (χ3v) is 6.40. The molecule has 0 aliphatic carbocycles. The molecule has 0 radical (unpaired) electrons. The molecule has 1 amide bonds. The van der Waals surface area contributed by atoms with E-state index in [1.807, 2.05) is 6.07 Å². The first kappa shape index (κ1) is 23.4. The van der Waals surface area contributed by atoms with Crippen LogP contribution in [0.25, 0.3) is 0 Å². The number of nitrogens with one attached hydrogen (secondary N) is 1. The summed E-state index contributed by atoms with van der Waals surface area (Å²) in [7, 11) is 0. The SMILES string of the molecule is O=C(NCc1cccc(C(F)(F)F)c1)c1csc(CN2CCN(Cc3ccccc3)CC2)n1. The molecule has 174 valence electrons. The molecule has 1 N–H and O–H groups in total. The van der Waals surface area contributed by atoms with Crippen molar-refractivity contribution in [3.63, 3.8) is 0 Å². The highest BCUT2D eigenvalue weighted by Gasteiger charge is 2.30. The Morgan fingerprint density at radius 1 is 0.939 bits per heavy atom. The van der Waals surface area contributed by atoms with Gasteiger partial charge < -0.3 is 5.32 Å². The van der Waals surface area contributed by atoms with Crippen molar-refractivity contribution in [2.75, 3.05) is 26.2 Å². The Balaban J connectivity index is 1.24. The van der Waals surface area contributed by atoms with Gasteiger partial charge in [-0.15, -0.1) is 11.3 Å². The van der Waals surface area contributed by atoms with E-state index in [4.69, 9.17) is 0 Å². The Morgan fingerprint density at radius 3 is 2.30 bits per heavy atom. The molecule has 1 aliphatic rings. The Kier molecular flexibility index (Phi) is 7.42. The lowest BCUT2D eigenvalue weighted by molar-refractivity contribution is -0.137. The third kappa shape index (κ3) is 6.63. The van der Waals surface area contributed by atoms with Crippen LogP contribution in [0.15, 0.2) is 60.0 Å². The zero-order valence-corrected chi connectivity index (χ0v) is 18.8. The molecule has 0 atom stereocenters. The minimum Gasteiger partial charge on any atom is -0.347 e. The summed E-state index contributed by atoms with van der Waals surface area (Å²) in [6.07, 6.45) is -4.41. The van der Waals surface area contributed by atoms with Crippen LogP contribution in [0.5, 0.6) is 0 Å². The van der Waals surface area contributed by atoms with Gasteiger partial charge in [-0.3, -0.25) is 14.6 Å². The van der Waals surface area contributed by atoms with Gasteiger partial charge in [0.2, 0.25) is 0 Å². The number of halogens is 3. The summed E-state index contributed by atoms with van der Waals surface area (Å²) >= 11 is 1.43. The van der Waals surface area contributed by atoms with E-state index < -0.39 is 11.7 Å². The van der Waals surface area contributed by atoms with Crippen molar-refractivity contribution in [1.29, 1.82) is 0 Å². The van der Waals surface area contributed by atoms with E-state index in [1.165, 1.54) is 23.0 Å². The molecule has 1 saturated heterocycles. The van der Waals surface area contributed by atoms with Gasteiger partial charge in [0, 0.05) is 44.6 Å². The van der Waals surface area contributed by atoms with Gasteiger partial charge in [0.1, 0.15) is 10.7 Å². The highest BCUT2D eigenvalue weighted by Crippen LogP contribution is 2.29. The summed E-state index contributed by atoms with van der Waals surface area (Å²) in [5.74, 6) is -0.386. The van der Waals surface area contributed by atoms with Crippen molar-refractivity contribution < 1.29 is 18.0 Å². The summed E-state index contributed by atoms with van der Waals surface area (Å²) in [5.41, 5.74) is 1.27. The smallest absolute Gasteiger partial charge is 0.347 e. The number of benzene rings is 2. The lowest BCUT2D eigenvalue weighted by atomic mass is 10.1. The topological polar surface area (TPSA) is 48.5 Å². The van der Waals surface area contributed by atoms with Crippen LogP contribution < -0.4 is 5.32 Å². The second kappa shape index (κ2) is 10.5. The first-order valence-corrected chi connectivity index (χ1v) is 11.6. The number of amides is 1. The normalized spacial score (nSPS) is 15.5. The highest BCUT2D eigenvalue weighted by atomic mass is 32.1. The molecule has 5 nitrogen and oxygen atoms in total. The van der Waals surface area contributed by atoms with Gasteiger partial charge in [-0.1, -0.05) is 42.5 Å². The predicted molar refractivity (Wildman–Crippen MR) is 122 cm³/mol. The fourth-order valence-electron chi connectivity index (χ4n) is 3.76. The molecule has 9 heteroatoms. The number of thiazole rings is 1. The maximum Gasteiger partial charge on any atom is 0.416 e. The molecule has 1 aliphatic heterocycles. The number of hydrogen-bond donors (Lipinski definition) is 1. The van der Waals surface area contributed by atoms with Crippen molar-refractivity contribution in [2.45, 2.75) is 25.8 Å². The summed E-state index contributed by atoms with van der Waals surface area (Å²) in [5, 5.41) is 5.21. The van der Waals surface area contributed by atoms with E-state index in [1.54, 1.807) is 11.4 Å². The van der Waals surface area contributed by atoms with Gasteiger partial charge >= 0.3 is 6.18 Å². The number of alkyl halides is 3. The maximum absolute atomic E-state index is 12.8. The highest BCUT2D eigenvalue weighted by molar-refractivity contribution is 7.09. The number of hydrogen-bond acceptors (Lipinski definition) is 5. The molecule has 0 bridgehead atoms. The van der Waals surface area contributed by atoms with Crippen LogP contribution in [0, 0.1) is 0 Å². The first-order chi connectivity index (χ1) is 15.9. The number of rotatable bonds is 7. The molecule has 0 spiro atoms. The van der Waals surface area contributed by atoms with Crippen LogP contribution in [-0.4, -0.2) is 46.9 Å². The molecule has 4 rings (SSSR count). The van der Waals surface area contributed by atoms with Crippen LogP contribution in [-0.2, 0) is 25.8 Å². The number of piperazine rings is 1. The van der Waals surface area contributed by atoms with Gasteiger partial charge in [0.05, 0.1) is 12.1 Å². The molecule has 0 saturated carbocycles. The molecule has 2 heterocycles. The van der Waals surface area contributed by atoms with Crippen molar-refractivity contribution in [1.82, 2.24) is 20.1 Å². The monoisotopic (exact) mass is 474 g/mol. The fraction of sp³-hybridized carbons (Fsp3) is 0.333. The van der Waals surface area contributed by atoms with Crippen molar-refractivity contribution in [2.24, 2.45) is 0 Å². The van der Waals surface area contributed by atoms with Gasteiger partial charge in [-0.25, -0.2) is 4.98 Å². The molecule has 1 aromatic heterocycles. The zero-order valence-electron chi connectivity index (χ0n) is 18.0. The van der Waals surface area contributed by atoms with Gasteiger partial charge in [-0.2, -0.15) is 13.2 Å². The average molecular weight is 475 g/mol. The lowest BCUT2D eigenvalue weighted by Crippen LogP contribution is -2.45. The Hall–Kier alpha value is -2.75. The number of nitrogens with zero attached hydrogens (tertiary/aromatic N) is 3. The lowest BCUT2D eigenvalue weighted by Gasteiger charge is -2.34. The van der Waals surface area contributed by atoms with Gasteiger partial charge in [0.25, 0.3) is 5.91 Å². The van der Waals surface area contributed by atoms with Crippen molar-refractivity contribution >= 4 is 17.2 Å². The van der Waals surface area contributed by atoms with Gasteiger partial charge in [0.15, 0.2) is 0 Å². The van der Waals surface area contributed by atoms with E-state index in [9.17, 15) is 18.0 Å². The summed E-state index contributed by atoms with van der Waals surface area (Å²) in [4.78, 5) is 21.6. The fourth-order valence-corrected chi connectivity index (χ4v) is 4.57. The van der Waals surface area contributed by atoms with Crippen LogP contribution in [0.1, 0.15) is 32.2 Å². The zero-order chi connectivity index (χ0) is 23.3. The quantitative estimate of drug-likeness (QED) is 0.551. The Morgan fingerprint density at radius 2 is 1.61 bits per heavy atom. The van der Waals surface area contributed by atoms with Crippen LogP contribution >= 0.6 is 11.3 Å². The average Bonchev–Trinajstić information content (AvgIpc) is 3.28.